The third-order valence-corrected chi connectivity index (χ3v) is 6.37. The zero-order valence-corrected chi connectivity index (χ0v) is 18.4. The molecule has 0 bridgehead atoms. The van der Waals surface area contributed by atoms with E-state index in [1.165, 1.54) is 0 Å². The van der Waals surface area contributed by atoms with Gasteiger partial charge in [-0.1, -0.05) is 30.0 Å². The van der Waals surface area contributed by atoms with Gasteiger partial charge in [-0.3, -0.25) is 4.90 Å². The number of aromatic amines is 1. The van der Waals surface area contributed by atoms with E-state index in [1.807, 2.05) is 30.3 Å². The standard InChI is InChI=1S/C23H27N3O3S/c1-23(2)14-18-19(15-24)22(30-13-12-28-17-6-4-3-5-7-17)25-21(20(18)16-29-23)26-8-10-27-11-9-26/h3-7H,8-14,16H2,1-2H3/p+1. The number of thioether (sulfide) groups is 1. The van der Waals surface area contributed by atoms with Gasteiger partial charge < -0.3 is 14.2 Å². The van der Waals surface area contributed by atoms with E-state index in [2.05, 4.69) is 29.8 Å². The van der Waals surface area contributed by atoms with Crippen LogP contribution in [0.25, 0.3) is 0 Å². The van der Waals surface area contributed by atoms with Gasteiger partial charge in [0.2, 0.25) is 0 Å². The lowest BCUT2D eigenvalue weighted by molar-refractivity contribution is -0.415. The SMILES string of the molecule is CC1(C)Cc2c(C#N)c(SCCOc3ccccc3)[nH+]c(N3CCOCC3)c2CO1. The van der Waals surface area contributed by atoms with E-state index in [4.69, 9.17) is 14.2 Å². The zero-order chi connectivity index (χ0) is 21.0. The maximum absolute atomic E-state index is 9.99. The highest BCUT2D eigenvalue weighted by molar-refractivity contribution is 7.99. The van der Waals surface area contributed by atoms with Crippen LogP contribution in [0.15, 0.2) is 35.4 Å². The van der Waals surface area contributed by atoms with Gasteiger partial charge in [-0.25, -0.2) is 4.98 Å². The zero-order valence-electron chi connectivity index (χ0n) is 17.6. The lowest BCUT2D eigenvalue weighted by atomic mass is 9.89. The quantitative estimate of drug-likeness (QED) is 0.522. The van der Waals surface area contributed by atoms with Crippen LogP contribution in [0.2, 0.25) is 0 Å². The van der Waals surface area contributed by atoms with E-state index in [0.717, 1.165) is 58.5 Å². The lowest BCUT2D eigenvalue weighted by Crippen LogP contribution is -2.43. The highest BCUT2D eigenvalue weighted by Crippen LogP contribution is 2.36. The van der Waals surface area contributed by atoms with E-state index < -0.39 is 0 Å². The van der Waals surface area contributed by atoms with E-state index in [0.29, 0.717) is 26.4 Å². The third-order valence-electron chi connectivity index (χ3n) is 5.40. The molecule has 0 aliphatic carbocycles. The number of pyridine rings is 1. The number of para-hydroxylation sites is 1. The minimum atomic E-state index is -0.277. The molecule has 1 N–H and O–H groups in total. The van der Waals surface area contributed by atoms with Crippen molar-refractivity contribution in [3.05, 3.63) is 47.0 Å². The molecule has 0 unspecified atom stereocenters. The average molecular weight is 427 g/mol. The largest absolute Gasteiger partial charge is 0.493 e. The van der Waals surface area contributed by atoms with Crippen molar-refractivity contribution in [2.75, 3.05) is 43.6 Å². The fourth-order valence-corrected chi connectivity index (χ4v) is 4.73. The summed E-state index contributed by atoms with van der Waals surface area (Å²) in [6.07, 6.45) is 0.728. The second-order valence-electron chi connectivity index (χ2n) is 8.08. The molecule has 6 nitrogen and oxygen atoms in total. The van der Waals surface area contributed by atoms with E-state index in [9.17, 15) is 5.26 Å². The second-order valence-corrected chi connectivity index (χ2v) is 9.19. The number of nitrogens with zero attached hydrogens (tertiary/aromatic N) is 2. The number of hydrogen-bond acceptors (Lipinski definition) is 6. The molecule has 2 aromatic rings. The summed E-state index contributed by atoms with van der Waals surface area (Å²) in [5.41, 5.74) is 2.68. The van der Waals surface area contributed by atoms with Gasteiger partial charge in [0.1, 0.15) is 30.5 Å². The summed E-state index contributed by atoms with van der Waals surface area (Å²) in [5.74, 6) is 2.68. The molecule has 0 saturated carbocycles. The molecule has 1 saturated heterocycles. The molecule has 158 valence electrons. The first-order chi connectivity index (χ1) is 14.6. The van der Waals surface area contributed by atoms with Crippen molar-refractivity contribution in [2.45, 2.75) is 37.5 Å². The van der Waals surface area contributed by atoms with Crippen LogP contribution in [0.4, 0.5) is 5.82 Å². The molecule has 4 rings (SSSR count). The van der Waals surface area contributed by atoms with Gasteiger partial charge in [0.15, 0.2) is 5.03 Å². The third kappa shape index (κ3) is 4.72. The number of aromatic nitrogens is 1. The number of hydrogen-bond donors (Lipinski definition) is 0. The minimum absolute atomic E-state index is 0.277. The average Bonchev–Trinajstić information content (AvgIpc) is 2.76. The molecule has 0 spiro atoms. The summed E-state index contributed by atoms with van der Waals surface area (Å²) in [6.45, 7) is 8.35. The Balaban J connectivity index is 1.59. The summed E-state index contributed by atoms with van der Waals surface area (Å²) in [6, 6.07) is 12.3. The van der Waals surface area contributed by atoms with Gasteiger partial charge in [0.05, 0.1) is 37.6 Å². The molecule has 1 fully saturated rings. The number of fused-ring (bicyclic) bond motifs is 1. The maximum atomic E-state index is 9.99. The molecule has 0 radical (unpaired) electrons. The molecule has 1 aromatic heterocycles. The highest BCUT2D eigenvalue weighted by atomic mass is 32.2. The molecule has 2 aliphatic heterocycles. The van der Waals surface area contributed by atoms with Crippen molar-refractivity contribution in [2.24, 2.45) is 0 Å². The Bertz CT molecular complexity index is 922. The van der Waals surface area contributed by atoms with Crippen LogP contribution in [0.5, 0.6) is 5.75 Å². The van der Waals surface area contributed by atoms with E-state index in [1.54, 1.807) is 11.8 Å². The summed E-state index contributed by atoms with van der Waals surface area (Å²) in [7, 11) is 0. The number of anilines is 1. The van der Waals surface area contributed by atoms with Crippen LogP contribution in [-0.4, -0.2) is 44.3 Å². The van der Waals surface area contributed by atoms with Crippen molar-refractivity contribution in [3.63, 3.8) is 0 Å². The predicted molar refractivity (Wildman–Crippen MR) is 116 cm³/mol. The van der Waals surface area contributed by atoms with Crippen molar-refractivity contribution < 1.29 is 19.2 Å². The molecule has 1 aromatic carbocycles. The van der Waals surface area contributed by atoms with Gasteiger partial charge in [-0.15, -0.1) is 0 Å². The normalized spacial score (nSPS) is 17.8. The Morgan fingerprint density at radius 3 is 2.70 bits per heavy atom. The number of morpholine rings is 1. The fourth-order valence-electron chi connectivity index (χ4n) is 3.87. The Morgan fingerprint density at radius 1 is 1.20 bits per heavy atom. The molecule has 0 amide bonds. The van der Waals surface area contributed by atoms with Crippen molar-refractivity contribution in [3.8, 4) is 11.8 Å². The summed E-state index contributed by atoms with van der Waals surface area (Å²) < 4.78 is 17.5. The number of nitriles is 1. The van der Waals surface area contributed by atoms with Gasteiger partial charge >= 0.3 is 0 Å². The fraction of sp³-hybridized carbons (Fsp3) is 0.478. The summed E-state index contributed by atoms with van der Waals surface area (Å²) in [5, 5.41) is 10.9. The highest BCUT2D eigenvalue weighted by Gasteiger charge is 2.36. The molecular weight excluding hydrogens is 398 g/mol. The first kappa shape index (κ1) is 21.0. The van der Waals surface area contributed by atoms with Crippen LogP contribution >= 0.6 is 11.8 Å². The molecule has 7 heteroatoms. The topological polar surface area (TPSA) is 68.9 Å². The van der Waals surface area contributed by atoms with Crippen LogP contribution in [0.1, 0.15) is 30.5 Å². The molecule has 2 aliphatic rings. The van der Waals surface area contributed by atoms with Crippen LogP contribution in [0, 0.1) is 11.3 Å². The van der Waals surface area contributed by atoms with Crippen LogP contribution in [-0.2, 0) is 22.5 Å². The number of nitrogens with one attached hydrogen (secondary N) is 1. The smallest absolute Gasteiger partial charge is 0.281 e. The van der Waals surface area contributed by atoms with Crippen molar-refractivity contribution in [1.29, 1.82) is 5.26 Å². The predicted octanol–water partition coefficient (Wildman–Crippen LogP) is 3.23. The molecule has 0 atom stereocenters. The number of H-pyrrole nitrogens is 1. The summed E-state index contributed by atoms with van der Waals surface area (Å²) >= 11 is 1.64. The summed E-state index contributed by atoms with van der Waals surface area (Å²) in [4.78, 5) is 5.88. The Morgan fingerprint density at radius 2 is 1.97 bits per heavy atom. The van der Waals surface area contributed by atoms with Gasteiger partial charge in [-0.05, 0) is 31.5 Å². The van der Waals surface area contributed by atoms with Gasteiger partial charge in [0.25, 0.3) is 5.82 Å². The number of benzene rings is 1. The lowest BCUT2D eigenvalue weighted by Gasteiger charge is -2.34. The van der Waals surface area contributed by atoms with Crippen LogP contribution in [0.3, 0.4) is 0 Å². The van der Waals surface area contributed by atoms with Crippen molar-refractivity contribution in [1.82, 2.24) is 0 Å². The van der Waals surface area contributed by atoms with Crippen LogP contribution < -0.4 is 14.6 Å². The van der Waals surface area contributed by atoms with Gasteiger partial charge in [-0.2, -0.15) is 5.26 Å². The van der Waals surface area contributed by atoms with Gasteiger partial charge in [0, 0.05) is 12.2 Å². The first-order valence-electron chi connectivity index (χ1n) is 10.4. The van der Waals surface area contributed by atoms with E-state index >= 15 is 0 Å². The Hall–Kier alpha value is -2.27. The monoisotopic (exact) mass is 426 g/mol. The molecule has 3 heterocycles. The van der Waals surface area contributed by atoms with Crippen molar-refractivity contribution >= 4 is 17.6 Å². The number of ether oxygens (including phenoxy) is 3. The minimum Gasteiger partial charge on any atom is -0.493 e. The number of rotatable bonds is 6. The molecular formula is C23H28N3O3S+. The second kappa shape index (κ2) is 9.25. The molecule has 30 heavy (non-hydrogen) atoms. The van der Waals surface area contributed by atoms with E-state index in [-0.39, 0.29) is 5.60 Å². The Kier molecular flexibility index (Phi) is 6.47. The first-order valence-corrected chi connectivity index (χ1v) is 11.3. The Labute approximate surface area is 182 Å². The maximum Gasteiger partial charge on any atom is 0.281 e.